The van der Waals surface area contributed by atoms with Gasteiger partial charge in [-0.2, -0.15) is 0 Å². The molecule has 74 valence electrons. The van der Waals surface area contributed by atoms with Gasteiger partial charge in [-0.15, -0.1) is 0 Å². The van der Waals surface area contributed by atoms with Crippen LogP contribution in [-0.2, 0) is 6.42 Å². The van der Waals surface area contributed by atoms with Crippen LogP contribution >= 0.6 is 0 Å². The van der Waals surface area contributed by atoms with Crippen molar-refractivity contribution in [2.24, 2.45) is 0 Å². The average Bonchev–Trinajstić information content (AvgIpc) is 2.53. The molecule has 1 nitrogen and oxygen atoms in total. The molecule has 14 heavy (non-hydrogen) atoms. The highest BCUT2D eigenvalue weighted by Gasteiger charge is 2.22. The van der Waals surface area contributed by atoms with Crippen molar-refractivity contribution in [3.63, 3.8) is 0 Å². The summed E-state index contributed by atoms with van der Waals surface area (Å²) >= 11 is 0. The van der Waals surface area contributed by atoms with Crippen molar-refractivity contribution < 1.29 is 5.11 Å². The molecule has 0 unspecified atom stereocenters. The standard InChI is InChI=1S/C13H16O/c1-3-4-11-12(14)8-7-10-6-5-9(2)13(10)11/h3-4,7-9,14H,5-6H2,1-2H3/b4-3-/t9-/m1/s1. The van der Waals surface area contributed by atoms with E-state index in [0.29, 0.717) is 11.7 Å². The summed E-state index contributed by atoms with van der Waals surface area (Å²) in [6.45, 7) is 4.22. The molecule has 0 fully saturated rings. The van der Waals surface area contributed by atoms with Crippen LogP contribution < -0.4 is 0 Å². The van der Waals surface area contributed by atoms with Crippen LogP contribution in [0.25, 0.3) is 6.08 Å². The second-order valence-corrected chi connectivity index (χ2v) is 4.01. The van der Waals surface area contributed by atoms with E-state index in [9.17, 15) is 5.11 Å². The van der Waals surface area contributed by atoms with Crippen molar-refractivity contribution in [1.82, 2.24) is 0 Å². The summed E-state index contributed by atoms with van der Waals surface area (Å²) in [5, 5.41) is 9.77. The van der Waals surface area contributed by atoms with Crippen molar-refractivity contribution in [3.8, 4) is 5.75 Å². The molecule has 0 radical (unpaired) electrons. The maximum atomic E-state index is 9.77. The number of aryl methyl sites for hydroxylation is 1. The molecule has 0 amide bonds. The topological polar surface area (TPSA) is 20.2 Å². The molecule has 1 aromatic rings. The average molecular weight is 188 g/mol. The van der Waals surface area contributed by atoms with E-state index < -0.39 is 0 Å². The van der Waals surface area contributed by atoms with Crippen LogP contribution in [-0.4, -0.2) is 5.11 Å². The Morgan fingerprint density at radius 1 is 1.43 bits per heavy atom. The van der Waals surface area contributed by atoms with Crippen molar-refractivity contribution in [2.45, 2.75) is 32.6 Å². The third-order valence-corrected chi connectivity index (χ3v) is 3.03. The van der Waals surface area contributed by atoms with Crippen LogP contribution in [0.15, 0.2) is 18.2 Å². The Bertz CT molecular complexity index is 377. The summed E-state index contributed by atoms with van der Waals surface area (Å²) in [5.41, 5.74) is 3.78. The number of hydrogen-bond acceptors (Lipinski definition) is 1. The van der Waals surface area contributed by atoms with Gasteiger partial charge in [0.15, 0.2) is 0 Å². The smallest absolute Gasteiger partial charge is 0.123 e. The van der Waals surface area contributed by atoms with E-state index in [1.165, 1.54) is 17.5 Å². The lowest BCUT2D eigenvalue weighted by atomic mass is 9.96. The molecular weight excluding hydrogens is 172 g/mol. The molecule has 0 heterocycles. The zero-order valence-corrected chi connectivity index (χ0v) is 8.75. The third-order valence-electron chi connectivity index (χ3n) is 3.03. The first-order valence-corrected chi connectivity index (χ1v) is 5.21. The van der Waals surface area contributed by atoms with E-state index in [-0.39, 0.29) is 0 Å². The van der Waals surface area contributed by atoms with Crippen LogP contribution in [0.1, 0.15) is 42.9 Å². The minimum absolute atomic E-state index is 0.413. The summed E-state index contributed by atoms with van der Waals surface area (Å²) < 4.78 is 0. The molecule has 1 N–H and O–H groups in total. The van der Waals surface area contributed by atoms with E-state index in [0.717, 1.165) is 12.0 Å². The molecule has 0 aliphatic heterocycles. The van der Waals surface area contributed by atoms with Crippen molar-refractivity contribution in [1.29, 1.82) is 0 Å². The van der Waals surface area contributed by atoms with Crippen LogP contribution in [0.5, 0.6) is 5.75 Å². The third kappa shape index (κ3) is 1.33. The molecule has 1 heteroatoms. The summed E-state index contributed by atoms with van der Waals surface area (Å²) in [6, 6.07) is 3.87. The van der Waals surface area contributed by atoms with E-state index in [1.807, 2.05) is 25.1 Å². The van der Waals surface area contributed by atoms with E-state index in [1.54, 1.807) is 0 Å². The summed E-state index contributed by atoms with van der Waals surface area (Å²) in [4.78, 5) is 0. The van der Waals surface area contributed by atoms with Gasteiger partial charge in [0.1, 0.15) is 5.75 Å². The molecule has 1 aromatic carbocycles. The number of rotatable bonds is 1. The van der Waals surface area contributed by atoms with E-state index >= 15 is 0 Å². The van der Waals surface area contributed by atoms with Crippen LogP contribution in [0.4, 0.5) is 0 Å². The van der Waals surface area contributed by atoms with Crippen molar-refractivity contribution in [3.05, 3.63) is 34.9 Å². The Kier molecular flexibility index (Phi) is 2.32. The van der Waals surface area contributed by atoms with Crippen LogP contribution in [0.3, 0.4) is 0 Å². The number of aromatic hydroxyl groups is 1. The molecule has 0 bridgehead atoms. The second-order valence-electron chi connectivity index (χ2n) is 4.01. The molecule has 0 saturated carbocycles. The van der Waals surface area contributed by atoms with Gasteiger partial charge >= 0.3 is 0 Å². The molecular formula is C13H16O. The first kappa shape index (κ1) is 9.32. The minimum Gasteiger partial charge on any atom is -0.507 e. The predicted octanol–water partition coefficient (Wildman–Crippen LogP) is 3.48. The van der Waals surface area contributed by atoms with Gasteiger partial charge in [0.05, 0.1) is 0 Å². The fraction of sp³-hybridized carbons (Fsp3) is 0.385. The fourth-order valence-electron chi connectivity index (χ4n) is 2.33. The Hall–Kier alpha value is -1.24. The maximum Gasteiger partial charge on any atom is 0.123 e. The molecule has 0 saturated heterocycles. The zero-order chi connectivity index (χ0) is 10.1. The van der Waals surface area contributed by atoms with Crippen molar-refractivity contribution in [2.75, 3.05) is 0 Å². The summed E-state index contributed by atoms with van der Waals surface area (Å²) in [7, 11) is 0. The van der Waals surface area contributed by atoms with Gasteiger partial charge in [-0.1, -0.05) is 25.1 Å². The fourth-order valence-corrected chi connectivity index (χ4v) is 2.33. The molecule has 1 aliphatic rings. The number of fused-ring (bicyclic) bond motifs is 1. The minimum atomic E-state index is 0.413. The molecule has 0 aromatic heterocycles. The molecule has 2 rings (SSSR count). The van der Waals surface area contributed by atoms with Gasteiger partial charge < -0.3 is 5.11 Å². The lowest BCUT2D eigenvalue weighted by Crippen LogP contribution is -1.91. The van der Waals surface area contributed by atoms with Gasteiger partial charge in [0.2, 0.25) is 0 Å². The first-order valence-electron chi connectivity index (χ1n) is 5.21. The SMILES string of the molecule is C/C=C\c1c(O)ccc2c1[C@H](C)CC2. The van der Waals surface area contributed by atoms with E-state index in [4.69, 9.17) is 0 Å². The number of hydrogen-bond donors (Lipinski definition) is 1. The zero-order valence-electron chi connectivity index (χ0n) is 8.75. The largest absolute Gasteiger partial charge is 0.507 e. The lowest BCUT2D eigenvalue weighted by Gasteiger charge is -2.10. The highest BCUT2D eigenvalue weighted by Crippen LogP contribution is 2.39. The first-order chi connectivity index (χ1) is 6.74. The Morgan fingerprint density at radius 3 is 2.93 bits per heavy atom. The molecule has 1 atom stereocenters. The predicted molar refractivity (Wildman–Crippen MR) is 59.6 cm³/mol. The number of allylic oxidation sites excluding steroid dienone is 1. The normalized spacial score (nSPS) is 20.3. The summed E-state index contributed by atoms with van der Waals surface area (Å²) in [5.74, 6) is 0.999. The number of benzene rings is 1. The van der Waals surface area contributed by atoms with Crippen LogP contribution in [0.2, 0.25) is 0 Å². The molecule has 0 spiro atoms. The monoisotopic (exact) mass is 188 g/mol. The van der Waals surface area contributed by atoms with Crippen LogP contribution in [0, 0.1) is 0 Å². The van der Waals surface area contributed by atoms with Gasteiger partial charge in [0, 0.05) is 5.56 Å². The Morgan fingerprint density at radius 2 is 2.21 bits per heavy atom. The lowest BCUT2D eigenvalue weighted by molar-refractivity contribution is 0.473. The van der Waals surface area contributed by atoms with Gasteiger partial charge in [0.25, 0.3) is 0 Å². The molecule has 1 aliphatic carbocycles. The van der Waals surface area contributed by atoms with Crippen molar-refractivity contribution >= 4 is 6.08 Å². The second kappa shape index (κ2) is 3.49. The number of phenolic OH excluding ortho intramolecular Hbond substituents is 1. The maximum absolute atomic E-state index is 9.77. The highest BCUT2D eigenvalue weighted by atomic mass is 16.3. The highest BCUT2D eigenvalue weighted by molar-refractivity contribution is 5.64. The number of phenols is 1. The quantitative estimate of drug-likeness (QED) is 0.715. The Balaban J connectivity index is 2.62. The van der Waals surface area contributed by atoms with E-state index in [2.05, 4.69) is 13.0 Å². The van der Waals surface area contributed by atoms with Gasteiger partial charge in [-0.25, -0.2) is 0 Å². The van der Waals surface area contributed by atoms with Gasteiger partial charge in [-0.3, -0.25) is 0 Å². The summed E-state index contributed by atoms with van der Waals surface area (Å²) in [6.07, 6.45) is 6.36. The Labute approximate surface area is 85.1 Å². The van der Waals surface area contributed by atoms with Gasteiger partial charge in [-0.05, 0) is 42.9 Å².